The highest BCUT2D eigenvalue weighted by molar-refractivity contribution is 5.40. The van der Waals surface area contributed by atoms with Crippen LogP contribution in [0.3, 0.4) is 0 Å². The molecule has 19 heavy (non-hydrogen) atoms. The first-order chi connectivity index (χ1) is 9.38. The zero-order chi connectivity index (χ0) is 13.1. The van der Waals surface area contributed by atoms with Crippen molar-refractivity contribution in [1.29, 1.82) is 0 Å². The molecule has 0 bridgehead atoms. The fraction of sp³-hybridized carbons (Fsp3) is 0.333. The van der Waals surface area contributed by atoms with E-state index in [1.54, 1.807) is 0 Å². The van der Waals surface area contributed by atoms with Gasteiger partial charge in [-0.25, -0.2) is 0 Å². The monoisotopic (exact) mass is 251 g/mol. The van der Waals surface area contributed by atoms with Crippen molar-refractivity contribution in [2.24, 2.45) is 0 Å². The van der Waals surface area contributed by atoms with Gasteiger partial charge in [0, 0.05) is 6.54 Å². The Morgan fingerprint density at radius 2 is 2.00 bits per heavy atom. The zero-order valence-corrected chi connectivity index (χ0v) is 11.5. The summed E-state index contributed by atoms with van der Waals surface area (Å²) in [4.78, 5) is 0. The minimum atomic E-state index is 0.363. The van der Waals surface area contributed by atoms with Gasteiger partial charge in [0.1, 0.15) is 0 Å². The van der Waals surface area contributed by atoms with E-state index >= 15 is 0 Å². The van der Waals surface area contributed by atoms with E-state index in [1.807, 2.05) is 0 Å². The third-order valence-corrected chi connectivity index (χ3v) is 3.93. The van der Waals surface area contributed by atoms with Crippen LogP contribution < -0.4 is 5.32 Å². The molecule has 0 aliphatic carbocycles. The van der Waals surface area contributed by atoms with Gasteiger partial charge in [0.15, 0.2) is 0 Å². The molecular weight excluding hydrogens is 230 g/mol. The lowest BCUT2D eigenvalue weighted by Gasteiger charge is -2.27. The van der Waals surface area contributed by atoms with Gasteiger partial charge in [-0.15, -0.1) is 0 Å². The Labute approximate surface area is 115 Å². The molecule has 0 fully saturated rings. The Morgan fingerprint density at radius 3 is 2.89 bits per heavy atom. The molecule has 1 nitrogen and oxygen atoms in total. The molecule has 3 rings (SSSR count). The minimum Gasteiger partial charge on any atom is -0.306 e. The zero-order valence-electron chi connectivity index (χ0n) is 11.5. The SMILES string of the molecule is CCCc1cccc(C2NCCc3ccccc32)c1. The van der Waals surface area contributed by atoms with E-state index in [0.717, 1.165) is 13.0 Å². The highest BCUT2D eigenvalue weighted by Crippen LogP contribution is 2.29. The van der Waals surface area contributed by atoms with Crippen LogP contribution in [0.5, 0.6) is 0 Å². The Kier molecular flexibility index (Phi) is 3.65. The molecule has 1 heteroatoms. The number of benzene rings is 2. The van der Waals surface area contributed by atoms with Crippen LogP contribution in [0, 0.1) is 0 Å². The molecule has 0 saturated heterocycles. The third-order valence-electron chi connectivity index (χ3n) is 3.93. The molecule has 98 valence electrons. The number of nitrogens with one attached hydrogen (secondary N) is 1. The van der Waals surface area contributed by atoms with Crippen molar-refractivity contribution in [2.45, 2.75) is 32.2 Å². The van der Waals surface area contributed by atoms with Crippen LogP contribution in [0.15, 0.2) is 48.5 Å². The van der Waals surface area contributed by atoms with Crippen molar-refractivity contribution in [2.75, 3.05) is 6.54 Å². The van der Waals surface area contributed by atoms with Crippen LogP contribution >= 0.6 is 0 Å². The summed E-state index contributed by atoms with van der Waals surface area (Å²) in [6.07, 6.45) is 3.52. The van der Waals surface area contributed by atoms with Crippen molar-refractivity contribution in [3.63, 3.8) is 0 Å². The van der Waals surface area contributed by atoms with Crippen LogP contribution in [0.2, 0.25) is 0 Å². The summed E-state index contributed by atoms with van der Waals surface area (Å²) in [7, 11) is 0. The van der Waals surface area contributed by atoms with E-state index in [4.69, 9.17) is 0 Å². The van der Waals surface area contributed by atoms with Crippen LogP contribution in [-0.4, -0.2) is 6.54 Å². The van der Waals surface area contributed by atoms with Gasteiger partial charge in [0.25, 0.3) is 0 Å². The van der Waals surface area contributed by atoms with Crippen molar-refractivity contribution in [3.8, 4) is 0 Å². The highest BCUT2D eigenvalue weighted by atomic mass is 14.9. The van der Waals surface area contributed by atoms with E-state index in [-0.39, 0.29) is 0 Å². The molecule has 1 heterocycles. The van der Waals surface area contributed by atoms with Gasteiger partial charge < -0.3 is 5.32 Å². The van der Waals surface area contributed by atoms with E-state index in [9.17, 15) is 0 Å². The summed E-state index contributed by atoms with van der Waals surface area (Å²) in [5.74, 6) is 0. The van der Waals surface area contributed by atoms with E-state index in [0.29, 0.717) is 6.04 Å². The van der Waals surface area contributed by atoms with Gasteiger partial charge >= 0.3 is 0 Å². The summed E-state index contributed by atoms with van der Waals surface area (Å²) in [6.45, 7) is 3.31. The fourth-order valence-electron chi connectivity index (χ4n) is 3.02. The maximum absolute atomic E-state index is 3.66. The Morgan fingerprint density at radius 1 is 1.11 bits per heavy atom. The van der Waals surface area contributed by atoms with Gasteiger partial charge in [0.05, 0.1) is 6.04 Å². The Hall–Kier alpha value is -1.60. The summed E-state index contributed by atoms with van der Waals surface area (Å²) in [5.41, 5.74) is 5.79. The van der Waals surface area contributed by atoms with Crippen molar-refractivity contribution >= 4 is 0 Å². The second-order valence-corrected chi connectivity index (χ2v) is 5.33. The van der Waals surface area contributed by atoms with Crippen molar-refractivity contribution in [3.05, 3.63) is 70.8 Å². The smallest absolute Gasteiger partial charge is 0.0579 e. The molecule has 1 aliphatic heterocycles. The van der Waals surface area contributed by atoms with E-state index < -0.39 is 0 Å². The number of rotatable bonds is 3. The van der Waals surface area contributed by atoms with Gasteiger partial charge in [-0.3, -0.25) is 0 Å². The average Bonchev–Trinajstić information content (AvgIpc) is 2.47. The van der Waals surface area contributed by atoms with Gasteiger partial charge in [0.2, 0.25) is 0 Å². The maximum Gasteiger partial charge on any atom is 0.0579 e. The summed E-state index contributed by atoms with van der Waals surface area (Å²) >= 11 is 0. The lowest BCUT2D eigenvalue weighted by atomic mass is 9.89. The summed E-state index contributed by atoms with van der Waals surface area (Å²) < 4.78 is 0. The van der Waals surface area contributed by atoms with Crippen LogP contribution in [0.25, 0.3) is 0 Å². The quantitative estimate of drug-likeness (QED) is 0.873. The number of aryl methyl sites for hydroxylation is 1. The van der Waals surface area contributed by atoms with E-state index in [1.165, 1.54) is 35.1 Å². The predicted molar refractivity (Wildman–Crippen MR) is 80.4 cm³/mol. The van der Waals surface area contributed by atoms with Crippen LogP contribution in [0.1, 0.15) is 41.6 Å². The normalized spacial score (nSPS) is 18.1. The van der Waals surface area contributed by atoms with Gasteiger partial charge in [-0.2, -0.15) is 0 Å². The summed E-state index contributed by atoms with van der Waals surface area (Å²) in [5, 5.41) is 3.66. The first-order valence-corrected chi connectivity index (χ1v) is 7.28. The molecule has 0 aromatic heterocycles. The third kappa shape index (κ3) is 2.57. The Bertz CT molecular complexity index is 559. The topological polar surface area (TPSA) is 12.0 Å². The fourth-order valence-corrected chi connectivity index (χ4v) is 3.02. The lowest BCUT2D eigenvalue weighted by molar-refractivity contribution is 0.567. The lowest BCUT2D eigenvalue weighted by Crippen LogP contribution is -2.30. The second kappa shape index (κ2) is 5.58. The molecule has 2 aromatic carbocycles. The average molecular weight is 251 g/mol. The standard InChI is InChI=1S/C18H21N/c1-2-6-14-7-5-9-16(13-14)18-17-10-4-3-8-15(17)11-12-19-18/h3-5,7-10,13,18-19H,2,6,11-12H2,1H3. The number of hydrogen-bond donors (Lipinski definition) is 1. The van der Waals surface area contributed by atoms with Crippen LogP contribution in [0.4, 0.5) is 0 Å². The van der Waals surface area contributed by atoms with Crippen molar-refractivity contribution < 1.29 is 0 Å². The summed E-state index contributed by atoms with van der Waals surface area (Å²) in [6, 6.07) is 18.2. The molecule has 1 N–H and O–H groups in total. The molecule has 1 unspecified atom stereocenters. The predicted octanol–water partition coefficient (Wildman–Crippen LogP) is 3.87. The number of fused-ring (bicyclic) bond motifs is 1. The molecule has 0 spiro atoms. The molecule has 2 aromatic rings. The first-order valence-electron chi connectivity index (χ1n) is 7.28. The second-order valence-electron chi connectivity index (χ2n) is 5.33. The molecule has 1 atom stereocenters. The minimum absolute atomic E-state index is 0.363. The molecular formula is C18H21N. The highest BCUT2D eigenvalue weighted by Gasteiger charge is 2.20. The number of hydrogen-bond acceptors (Lipinski definition) is 1. The molecule has 0 amide bonds. The van der Waals surface area contributed by atoms with Gasteiger partial charge in [-0.1, -0.05) is 61.9 Å². The Balaban J connectivity index is 1.97. The molecule has 0 saturated carbocycles. The first kappa shape index (κ1) is 12.4. The molecule has 1 aliphatic rings. The van der Waals surface area contributed by atoms with E-state index in [2.05, 4.69) is 60.8 Å². The van der Waals surface area contributed by atoms with Crippen molar-refractivity contribution in [1.82, 2.24) is 5.32 Å². The molecule has 0 radical (unpaired) electrons. The van der Waals surface area contributed by atoms with Crippen LogP contribution in [-0.2, 0) is 12.8 Å². The largest absolute Gasteiger partial charge is 0.306 e. The maximum atomic E-state index is 3.66. The van der Waals surface area contributed by atoms with Gasteiger partial charge in [-0.05, 0) is 35.1 Å².